The quantitative estimate of drug-likeness (QED) is 0.814. The molecule has 5 nitrogen and oxygen atoms in total. The highest BCUT2D eigenvalue weighted by Gasteiger charge is 2.15. The molecule has 2 unspecified atom stereocenters. The minimum Gasteiger partial charge on any atom is -0.467 e. The van der Waals surface area contributed by atoms with Gasteiger partial charge in [-0.15, -0.1) is 0 Å². The van der Waals surface area contributed by atoms with Gasteiger partial charge in [-0.05, 0) is 26.0 Å². The van der Waals surface area contributed by atoms with Gasteiger partial charge < -0.3 is 19.7 Å². The maximum absolute atomic E-state index is 11.6. The second-order valence-electron chi connectivity index (χ2n) is 3.92. The first-order valence-electron chi connectivity index (χ1n) is 5.23. The van der Waals surface area contributed by atoms with Crippen LogP contribution < -0.4 is 5.32 Å². The fourth-order valence-corrected chi connectivity index (χ4v) is 1.38. The van der Waals surface area contributed by atoms with Crippen molar-refractivity contribution in [3.05, 3.63) is 24.2 Å². The average Bonchev–Trinajstić information content (AvgIpc) is 2.68. The zero-order valence-electron chi connectivity index (χ0n) is 9.80. The summed E-state index contributed by atoms with van der Waals surface area (Å²) in [5.41, 5.74) is 0. The monoisotopic (exact) mass is 226 g/mol. The van der Waals surface area contributed by atoms with Crippen LogP contribution in [-0.2, 0) is 0 Å². The maximum atomic E-state index is 11.6. The summed E-state index contributed by atoms with van der Waals surface area (Å²) in [6.45, 7) is 3.78. The number of carbonyl (C=O) groups is 1. The molecule has 0 aromatic carbocycles. The number of nitrogens with one attached hydrogen (secondary N) is 1. The van der Waals surface area contributed by atoms with Crippen molar-refractivity contribution in [2.45, 2.75) is 26.0 Å². The van der Waals surface area contributed by atoms with E-state index in [0.717, 1.165) is 0 Å². The van der Waals surface area contributed by atoms with E-state index in [1.165, 1.54) is 4.90 Å². The molecule has 0 aliphatic heterocycles. The molecule has 1 heterocycles. The second-order valence-corrected chi connectivity index (χ2v) is 3.92. The Morgan fingerprint density at radius 2 is 2.31 bits per heavy atom. The number of amides is 2. The molecule has 5 heteroatoms. The van der Waals surface area contributed by atoms with E-state index in [-0.39, 0.29) is 12.1 Å². The summed E-state index contributed by atoms with van der Waals surface area (Å²) in [4.78, 5) is 13.1. The predicted octanol–water partition coefficient (Wildman–Crippen LogP) is 1.36. The molecule has 16 heavy (non-hydrogen) atoms. The molecule has 0 radical (unpaired) electrons. The van der Waals surface area contributed by atoms with Crippen LogP contribution in [0.1, 0.15) is 25.6 Å². The Labute approximate surface area is 95.0 Å². The van der Waals surface area contributed by atoms with Crippen LogP contribution >= 0.6 is 0 Å². The number of furan rings is 1. The lowest BCUT2D eigenvalue weighted by molar-refractivity contribution is 0.142. The van der Waals surface area contributed by atoms with E-state index in [1.807, 2.05) is 6.92 Å². The van der Waals surface area contributed by atoms with Crippen LogP contribution in [0.3, 0.4) is 0 Å². The Hall–Kier alpha value is -1.49. The average molecular weight is 226 g/mol. The van der Waals surface area contributed by atoms with Crippen molar-refractivity contribution in [3.8, 4) is 0 Å². The largest absolute Gasteiger partial charge is 0.467 e. The number of nitrogens with zero attached hydrogens (tertiary/aromatic N) is 1. The van der Waals surface area contributed by atoms with E-state index < -0.39 is 6.10 Å². The summed E-state index contributed by atoms with van der Waals surface area (Å²) in [5, 5.41) is 11.9. The molecule has 0 fully saturated rings. The number of aliphatic hydroxyl groups is 1. The van der Waals surface area contributed by atoms with Crippen molar-refractivity contribution in [3.63, 3.8) is 0 Å². The minimum atomic E-state index is -0.533. The molecule has 0 spiro atoms. The summed E-state index contributed by atoms with van der Waals surface area (Å²) in [6.07, 6.45) is 1.03. The number of hydrogen-bond donors (Lipinski definition) is 2. The number of urea groups is 1. The summed E-state index contributed by atoms with van der Waals surface area (Å²) >= 11 is 0. The summed E-state index contributed by atoms with van der Waals surface area (Å²) in [5.74, 6) is 0.707. The third-order valence-electron chi connectivity index (χ3n) is 2.19. The van der Waals surface area contributed by atoms with Crippen LogP contribution in [0.2, 0.25) is 0 Å². The highest BCUT2D eigenvalue weighted by atomic mass is 16.3. The van der Waals surface area contributed by atoms with Crippen molar-refractivity contribution in [1.82, 2.24) is 10.2 Å². The molecule has 1 aromatic heterocycles. The molecule has 2 amide bonds. The lowest BCUT2D eigenvalue weighted by Crippen LogP contribution is -2.41. The normalized spacial score (nSPS) is 14.2. The topological polar surface area (TPSA) is 65.7 Å². The molecule has 0 saturated heterocycles. The second kappa shape index (κ2) is 5.55. The Morgan fingerprint density at radius 1 is 1.62 bits per heavy atom. The zero-order valence-corrected chi connectivity index (χ0v) is 9.80. The molecular weight excluding hydrogens is 208 g/mol. The van der Waals surface area contributed by atoms with Crippen LogP contribution in [0.15, 0.2) is 22.8 Å². The number of aliphatic hydroxyl groups excluding tert-OH is 1. The van der Waals surface area contributed by atoms with Gasteiger partial charge in [-0.2, -0.15) is 0 Å². The molecule has 0 bridgehead atoms. The van der Waals surface area contributed by atoms with Crippen LogP contribution in [0.5, 0.6) is 0 Å². The fourth-order valence-electron chi connectivity index (χ4n) is 1.38. The molecular formula is C11H18N2O3. The highest BCUT2D eigenvalue weighted by Crippen LogP contribution is 2.12. The Morgan fingerprint density at radius 3 is 2.81 bits per heavy atom. The summed E-state index contributed by atoms with van der Waals surface area (Å²) in [6, 6.07) is 3.17. The summed E-state index contributed by atoms with van der Waals surface area (Å²) < 4.78 is 5.17. The van der Waals surface area contributed by atoms with Crippen molar-refractivity contribution in [1.29, 1.82) is 0 Å². The van der Waals surface area contributed by atoms with E-state index in [4.69, 9.17) is 9.52 Å². The Bertz CT molecular complexity index is 322. The highest BCUT2D eigenvalue weighted by molar-refractivity contribution is 5.74. The third-order valence-corrected chi connectivity index (χ3v) is 2.19. The van der Waals surface area contributed by atoms with Gasteiger partial charge in [0.15, 0.2) is 0 Å². The lowest BCUT2D eigenvalue weighted by Gasteiger charge is -2.21. The third kappa shape index (κ3) is 3.58. The van der Waals surface area contributed by atoms with Gasteiger partial charge in [-0.1, -0.05) is 0 Å². The zero-order chi connectivity index (χ0) is 12.1. The van der Waals surface area contributed by atoms with Gasteiger partial charge in [0.05, 0.1) is 18.4 Å². The number of carbonyl (C=O) groups excluding carboxylic acids is 1. The maximum Gasteiger partial charge on any atom is 0.317 e. The van der Waals surface area contributed by atoms with Gasteiger partial charge in [0.2, 0.25) is 0 Å². The smallest absolute Gasteiger partial charge is 0.317 e. The molecule has 0 saturated carbocycles. The van der Waals surface area contributed by atoms with Crippen molar-refractivity contribution >= 4 is 6.03 Å². The Balaban J connectivity index is 2.45. The van der Waals surface area contributed by atoms with E-state index in [0.29, 0.717) is 12.3 Å². The first-order valence-corrected chi connectivity index (χ1v) is 5.23. The predicted molar refractivity (Wildman–Crippen MR) is 60.0 cm³/mol. The van der Waals surface area contributed by atoms with Gasteiger partial charge in [-0.3, -0.25) is 0 Å². The fraction of sp³-hybridized carbons (Fsp3) is 0.545. The minimum absolute atomic E-state index is 0.182. The van der Waals surface area contributed by atoms with Gasteiger partial charge >= 0.3 is 6.03 Å². The molecule has 0 aliphatic rings. The SMILES string of the molecule is CC(O)CN(C)C(=O)NC(C)c1ccco1. The molecule has 2 N–H and O–H groups in total. The number of rotatable bonds is 4. The lowest BCUT2D eigenvalue weighted by atomic mass is 10.2. The standard InChI is InChI=1S/C11H18N2O3/c1-8(14)7-13(3)11(15)12-9(2)10-5-4-6-16-10/h4-6,8-9,14H,7H2,1-3H3,(H,12,15). The van der Waals surface area contributed by atoms with Crippen LogP contribution in [0, 0.1) is 0 Å². The number of likely N-dealkylation sites (N-methyl/N-ethyl adjacent to an activating group) is 1. The summed E-state index contributed by atoms with van der Waals surface area (Å²) in [7, 11) is 1.64. The van der Waals surface area contributed by atoms with Gasteiger partial charge in [0.25, 0.3) is 0 Å². The van der Waals surface area contributed by atoms with Crippen molar-refractivity contribution in [2.75, 3.05) is 13.6 Å². The van der Waals surface area contributed by atoms with Crippen molar-refractivity contribution in [2.24, 2.45) is 0 Å². The van der Waals surface area contributed by atoms with Crippen LogP contribution in [0.25, 0.3) is 0 Å². The van der Waals surface area contributed by atoms with E-state index >= 15 is 0 Å². The Kier molecular flexibility index (Phi) is 4.37. The van der Waals surface area contributed by atoms with Gasteiger partial charge in [0.1, 0.15) is 5.76 Å². The van der Waals surface area contributed by atoms with Gasteiger partial charge in [0, 0.05) is 13.6 Å². The molecule has 1 aromatic rings. The van der Waals surface area contributed by atoms with E-state index in [9.17, 15) is 4.79 Å². The van der Waals surface area contributed by atoms with Crippen LogP contribution in [0.4, 0.5) is 4.79 Å². The first-order chi connectivity index (χ1) is 7.50. The molecule has 1 rings (SSSR count). The molecule has 0 aliphatic carbocycles. The van der Waals surface area contributed by atoms with Gasteiger partial charge in [-0.25, -0.2) is 4.79 Å². The van der Waals surface area contributed by atoms with E-state index in [1.54, 1.807) is 32.4 Å². The molecule has 90 valence electrons. The number of hydrogen-bond acceptors (Lipinski definition) is 3. The van der Waals surface area contributed by atoms with Crippen molar-refractivity contribution < 1.29 is 14.3 Å². The van der Waals surface area contributed by atoms with E-state index in [2.05, 4.69) is 5.32 Å². The van der Waals surface area contributed by atoms with Crippen LogP contribution in [-0.4, -0.2) is 35.7 Å². The first kappa shape index (κ1) is 12.6. The molecule has 2 atom stereocenters.